The van der Waals surface area contributed by atoms with Crippen LogP contribution in [0, 0.1) is 5.82 Å². The third-order valence-corrected chi connectivity index (χ3v) is 4.45. The third kappa shape index (κ3) is 3.66. The number of halogens is 1. The molecule has 6 heteroatoms. The van der Waals surface area contributed by atoms with E-state index in [9.17, 15) is 9.18 Å². The van der Waals surface area contributed by atoms with Gasteiger partial charge >= 0.3 is 0 Å². The summed E-state index contributed by atoms with van der Waals surface area (Å²) in [5.74, 6) is -0.725. The molecule has 1 heterocycles. The molecule has 4 rings (SSSR count). The summed E-state index contributed by atoms with van der Waals surface area (Å²) in [6, 6.07) is 21.6. The number of hydrazone groups is 1. The Bertz CT molecular complexity index is 1180. The maximum absolute atomic E-state index is 13.0. The van der Waals surface area contributed by atoms with Crippen LogP contribution >= 0.6 is 0 Å². The van der Waals surface area contributed by atoms with Crippen molar-refractivity contribution >= 4 is 22.4 Å². The highest BCUT2D eigenvalue weighted by atomic mass is 19.1. The highest BCUT2D eigenvalue weighted by Crippen LogP contribution is 2.18. The molecule has 0 aliphatic heterocycles. The zero-order valence-electron chi connectivity index (χ0n) is 15.1. The van der Waals surface area contributed by atoms with Crippen molar-refractivity contribution in [3.05, 3.63) is 89.9 Å². The number of aromatic amines is 1. The number of nitrogens with one attached hydrogen (secondary N) is 2. The van der Waals surface area contributed by atoms with Crippen LogP contribution in [-0.2, 0) is 0 Å². The molecule has 0 spiro atoms. The largest absolute Gasteiger partial charge is 0.289 e. The molecule has 0 atom stereocenters. The number of benzene rings is 3. The van der Waals surface area contributed by atoms with Gasteiger partial charge in [-0.25, -0.2) is 9.82 Å². The maximum Gasteiger partial charge on any atom is 0.289 e. The summed E-state index contributed by atoms with van der Waals surface area (Å²) in [5, 5.41) is 13.2. The van der Waals surface area contributed by atoms with Crippen LogP contribution in [0.3, 0.4) is 0 Å². The van der Waals surface area contributed by atoms with Crippen molar-refractivity contribution in [3.63, 3.8) is 0 Å². The fourth-order valence-corrected chi connectivity index (χ4v) is 2.88. The van der Waals surface area contributed by atoms with Gasteiger partial charge in [-0.3, -0.25) is 9.89 Å². The molecule has 0 unspecified atom stereocenters. The topological polar surface area (TPSA) is 70.1 Å². The van der Waals surface area contributed by atoms with Crippen molar-refractivity contribution in [2.45, 2.75) is 6.92 Å². The minimum atomic E-state index is -0.402. The lowest BCUT2D eigenvalue weighted by Crippen LogP contribution is -2.19. The van der Waals surface area contributed by atoms with Crippen LogP contribution in [0.2, 0.25) is 0 Å². The van der Waals surface area contributed by atoms with Gasteiger partial charge in [0.1, 0.15) is 11.5 Å². The number of rotatable bonds is 4. The van der Waals surface area contributed by atoms with Crippen molar-refractivity contribution in [1.29, 1.82) is 0 Å². The van der Waals surface area contributed by atoms with E-state index in [4.69, 9.17) is 0 Å². The number of hydrogen-bond donors (Lipinski definition) is 2. The summed E-state index contributed by atoms with van der Waals surface area (Å²) in [6.07, 6.45) is 0. The van der Waals surface area contributed by atoms with Gasteiger partial charge in [0.25, 0.3) is 5.91 Å². The van der Waals surface area contributed by atoms with Crippen LogP contribution in [-0.4, -0.2) is 21.8 Å². The lowest BCUT2D eigenvalue weighted by Gasteiger charge is -2.04. The Morgan fingerprint density at radius 3 is 2.54 bits per heavy atom. The zero-order valence-corrected chi connectivity index (χ0v) is 15.1. The molecule has 0 aliphatic rings. The summed E-state index contributed by atoms with van der Waals surface area (Å²) in [4.78, 5) is 12.3. The smallest absolute Gasteiger partial charge is 0.272 e. The van der Waals surface area contributed by atoms with Crippen LogP contribution in [0.1, 0.15) is 23.0 Å². The Morgan fingerprint density at radius 1 is 1.00 bits per heavy atom. The van der Waals surface area contributed by atoms with Gasteiger partial charge in [-0.1, -0.05) is 36.4 Å². The monoisotopic (exact) mass is 372 g/mol. The van der Waals surface area contributed by atoms with Gasteiger partial charge < -0.3 is 0 Å². The van der Waals surface area contributed by atoms with Crippen molar-refractivity contribution in [2.24, 2.45) is 5.10 Å². The van der Waals surface area contributed by atoms with Gasteiger partial charge in [0, 0.05) is 5.56 Å². The first-order valence-corrected chi connectivity index (χ1v) is 8.75. The average Bonchev–Trinajstić information content (AvgIpc) is 3.22. The van der Waals surface area contributed by atoms with Crippen LogP contribution in [0.15, 0.2) is 77.9 Å². The molecule has 0 aliphatic carbocycles. The second kappa shape index (κ2) is 7.44. The second-order valence-electron chi connectivity index (χ2n) is 6.37. The van der Waals surface area contributed by atoms with Gasteiger partial charge in [0.05, 0.1) is 11.4 Å². The van der Waals surface area contributed by atoms with E-state index in [0.717, 1.165) is 16.3 Å². The molecule has 3 aromatic carbocycles. The van der Waals surface area contributed by atoms with Crippen LogP contribution < -0.4 is 5.43 Å². The first kappa shape index (κ1) is 17.6. The number of H-pyrrole nitrogens is 1. The van der Waals surface area contributed by atoms with Gasteiger partial charge in [-0.05, 0) is 59.7 Å². The predicted molar refractivity (Wildman–Crippen MR) is 108 cm³/mol. The van der Waals surface area contributed by atoms with Crippen molar-refractivity contribution in [2.75, 3.05) is 0 Å². The third-order valence-electron chi connectivity index (χ3n) is 4.45. The summed E-state index contributed by atoms with van der Waals surface area (Å²) in [5.41, 5.74) is 5.70. The number of amides is 1. The molecule has 0 saturated carbocycles. The van der Waals surface area contributed by atoms with Crippen molar-refractivity contribution < 1.29 is 9.18 Å². The summed E-state index contributed by atoms with van der Waals surface area (Å²) in [6.45, 7) is 1.83. The SMILES string of the molecule is C/C(=N/NC(=O)c1cc(-c2ccc(F)cc2)n[nH]1)c1ccc2ccccc2c1. The Kier molecular flexibility index (Phi) is 4.68. The van der Waals surface area contributed by atoms with E-state index in [1.807, 2.05) is 49.4 Å². The molecule has 138 valence electrons. The number of nitrogens with zero attached hydrogens (tertiary/aromatic N) is 2. The van der Waals surface area contributed by atoms with E-state index in [2.05, 4.69) is 20.7 Å². The van der Waals surface area contributed by atoms with Gasteiger partial charge in [-0.2, -0.15) is 10.2 Å². The highest BCUT2D eigenvalue weighted by molar-refractivity contribution is 6.03. The Hall–Kier alpha value is -3.80. The van der Waals surface area contributed by atoms with Gasteiger partial charge in [-0.15, -0.1) is 0 Å². The van der Waals surface area contributed by atoms with E-state index < -0.39 is 5.91 Å². The average molecular weight is 372 g/mol. The Morgan fingerprint density at radius 2 is 1.75 bits per heavy atom. The molecule has 2 N–H and O–H groups in total. The fourth-order valence-electron chi connectivity index (χ4n) is 2.88. The maximum atomic E-state index is 13.0. The molecule has 1 aromatic heterocycles. The number of hydrogen-bond acceptors (Lipinski definition) is 3. The normalized spacial score (nSPS) is 11.6. The van der Waals surface area contributed by atoms with E-state index in [1.165, 1.54) is 12.1 Å². The Balaban J connectivity index is 1.49. The molecule has 0 saturated heterocycles. The van der Waals surface area contributed by atoms with Gasteiger partial charge in [0.2, 0.25) is 0 Å². The summed E-state index contributed by atoms with van der Waals surface area (Å²) >= 11 is 0. The summed E-state index contributed by atoms with van der Waals surface area (Å²) < 4.78 is 13.0. The molecule has 0 radical (unpaired) electrons. The molecular formula is C22H17FN4O. The number of carbonyl (C=O) groups excluding carboxylic acids is 1. The molecule has 28 heavy (non-hydrogen) atoms. The number of carbonyl (C=O) groups is 1. The molecule has 0 bridgehead atoms. The zero-order chi connectivity index (χ0) is 19.5. The van der Waals surface area contributed by atoms with Crippen LogP contribution in [0.25, 0.3) is 22.0 Å². The lowest BCUT2D eigenvalue weighted by molar-refractivity contribution is 0.0950. The minimum Gasteiger partial charge on any atom is -0.272 e. The van der Waals surface area contributed by atoms with Crippen LogP contribution in [0.5, 0.6) is 0 Å². The molecular weight excluding hydrogens is 355 g/mol. The predicted octanol–water partition coefficient (Wildman–Crippen LogP) is 4.52. The number of fused-ring (bicyclic) bond motifs is 1. The number of aromatic nitrogens is 2. The lowest BCUT2D eigenvalue weighted by atomic mass is 10.0. The van der Waals surface area contributed by atoms with E-state index >= 15 is 0 Å². The van der Waals surface area contributed by atoms with Crippen molar-refractivity contribution in [1.82, 2.24) is 15.6 Å². The van der Waals surface area contributed by atoms with Gasteiger partial charge in [0.15, 0.2) is 0 Å². The second-order valence-corrected chi connectivity index (χ2v) is 6.37. The molecule has 5 nitrogen and oxygen atoms in total. The summed E-state index contributed by atoms with van der Waals surface area (Å²) in [7, 11) is 0. The van der Waals surface area contributed by atoms with E-state index in [1.54, 1.807) is 18.2 Å². The Labute approximate surface area is 160 Å². The standard InChI is InChI=1S/C22H17FN4O/c1-14(17-7-6-15-4-2-3-5-18(15)12-17)24-27-22(28)21-13-20(25-26-21)16-8-10-19(23)11-9-16/h2-13H,1H3,(H,25,26)(H,27,28)/b24-14-. The fraction of sp³-hybridized carbons (Fsp3) is 0.0455. The van der Waals surface area contributed by atoms with Crippen molar-refractivity contribution in [3.8, 4) is 11.3 Å². The van der Waals surface area contributed by atoms with Crippen LogP contribution in [0.4, 0.5) is 4.39 Å². The molecule has 4 aromatic rings. The first-order valence-electron chi connectivity index (χ1n) is 8.75. The molecule has 0 fully saturated rings. The van der Waals surface area contributed by atoms with E-state index in [0.29, 0.717) is 17.0 Å². The molecule has 1 amide bonds. The first-order chi connectivity index (χ1) is 13.6. The minimum absolute atomic E-state index is 0.273. The quantitative estimate of drug-likeness (QED) is 0.408. The van der Waals surface area contributed by atoms with E-state index in [-0.39, 0.29) is 11.5 Å². The highest BCUT2D eigenvalue weighted by Gasteiger charge is 2.11.